The molecule has 1 amide bonds. The predicted octanol–water partition coefficient (Wildman–Crippen LogP) is 1.80. The average molecular weight is 398 g/mol. The maximum atomic E-state index is 12.9. The summed E-state index contributed by atoms with van der Waals surface area (Å²) in [5, 5.41) is 2.92. The Morgan fingerprint density at radius 1 is 1.26 bits per heavy atom. The molecular formula is C19H31N3O4S. The van der Waals surface area contributed by atoms with E-state index in [0.29, 0.717) is 25.2 Å². The third-order valence-electron chi connectivity index (χ3n) is 4.58. The molecule has 0 aromatic heterocycles. The molecule has 0 unspecified atom stereocenters. The van der Waals surface area contributed by atoms with Gasteiger partial charge in [0.2, 0.25) is 10.0 Å². The lowest BCUT2D eigenvalue weighted by Gasteiger charge is -2.28. The summed E-state index contributed by atoms with van der Waals surface area (Å²) in [6.07, 6.45) is 1.70. The number of amides is 1. The van der Waals surface area contributed by atoms with Gasteiger partial charge in [-0.1, -0.05) is 13.8 Å². The second-order valence-electron chi connectivity index (χ2n) is 8.06. The van der Waals surface area contributed by atoms with Crippen LogP contribution in [0.3, 0.4) is 0 Å². The fourth-order valence-electron chi connectivity index (χ4n) is 3.42. The summed E-state index contributed by atoms with van der Waals surface area (Å²) in [5.74, 6) is -0.0336. The van der Waals surface area contributed by atoms with Crippen molar-refractivity contribution >= 4 is 15.9 Å². The maximum absolute atomic E-state index is 12.9. The SMILES string of the molecule is COc1ccc(C(=O)NCC(C)(C)CN(C)C)cc1S(=O)(=O)N1CCCC1. The quantitative estimate of drug-likeness (QED) is 0.724. The Hall–Kier alpha value is -1.64. The van der Waals surface area contributed by atoms with Gasteiger partial charge in [0.1, 0.15) is 10.6 Å². The molecule has 1 heterocycles. The molecule has 0 atom stereocenters. The number of carbonyl (C=O) groups is 1. The maximum Gasteiger partial charge on any atom is 0.251 e. The molecule has 1 aliphatic heterocycles. The van der Waals surface area contributed by atoms with Crippen molar-refractivity contribution < 1.29 is 17.9 Å². The van der Waals surface area contributed by atoms with Crippen molar-refractivity contribution in [2.75, 3.05) is 47.4 Å². The van der Waals surface area contributed by atoms with E-state index in [1.165, 1.54) is 17.5 Å². The molecule has 7 nitrogen and oxygen atoms in total. The van der Waals surface area contributed by atoms with Crippen LogP contribution in [0.1, 0.15) is 37.0 Å². The molecule has 1 fully saturated rings. The molecule has 0 bridgehead atoms. The second kappa shape index (κ2) is 8.58. The largest absolute Gasteiger partial charge is 0.495 e. The molecule has 1 saturated heterocycles. The van der Waals surface area contributed by atoms with Gasteiger partial charge in [-0.15, -0.1) is 0 Å². The number of nitrogens with one attached hydrogen (secondary N) is 1. The van der Waals surface area contributed by atoms with Crippen molar-refractivity contribution in [1.29, 1.82) is 0 Å². The van der Waals surface area contributed by atoms with Crippen molar-refractivity contribution in [3.05, 3.63) is 23.8 Å². The Labute approximate surface area is 162 Å². The van der Waals surface area contributed by atoms with Gasteiger partial charge in [-0.05, 0) is 50.6 Å². The van der Waals surface area contributed by atoms with Gasteiger partial charge in [-0.2, -0.15) is 4.31 Å². The lowest BCUT2D eigenvalue weighted by atomic mass is 9.93. The van der Waals surface area contributed by atoms with Crippen LogP contribution >= 0.6 is 0 Å². The van der Waals surface area contributed by atoms with Crippen molar-refractivity contribution in [1.82, 2.24) is 14.5 Å². The number of ether oxygens (including phenoxy) is 1. The monoisotopic (exact) mass is 397 g/mol. The van der Waals surface area contributed by atoms with Gasteiger partial charge in [0.05, 0.1) is 7.11 Å². The van der Waals surface area contributed by atoms with Gasteiger partial charge in [0, 0.05) is 31.7 Å². The summed E-state index contributed by atoms with van der Waals surface area (Å²) in [6.45, 7) is 6.46. The average Bonchev–Trinajstić information content (AvgIpc) is 3.13. The summed E-state index contributed by atoms with van der Waals surface area (Å²) in [7, 11) is 1.73. The number of methoxy groups -OCH3 is 1. The lowest BCUT2D eigenvalue weighted by Crippen LogP contribution is -2.40. The van der Waals surface area contributed by atoms with Crippen LogP contribution in [0, 0.1) is 5.41 Å². The predicted molar refractivity (Wildman–Crippen MR) is 106 cm³/mol. The van der Waals surface area contributed by atoms with E-state index >= 15 is 0 Å². The molecule has 1 aromatic rings. The highest BCUT2D eigenvalue weighted by Gasteiger charge is 2.31. The van der Waals surface area contributed by atoms with Gasteiger partial charge in [-0.25, -0.2) is 8.42 Å². The number of hydrogen-bond acceptors (Lipinski definition) is 5. The highest BCUT2D eigenvalue weighted by molar-refractivity contribution is 7.89. The summed E-state index contributed by atoms with van der Waals surface area (Å²) in [6, 6.07) is 4.56. The number of sulfonamides is 1. The van der Waals surface area contributed by atoms with E-state index in [9.17, 15) is 13.2 Å². The molecule has 0 radical (unpaired) electrons. The van der Waals surface area contributed by atoms with E-state index in [4.69, 9.17) is 4.74 Å². The van der Waals surface area contributed by atoms with Crippen LogP contribution in [0.15, 0.2) is 23.1 Å². The zero-order valence-corrected chi connectivity index (χ0v) is 17.7. The van der Waals surface area contributed by atoms with Crippen LogP contribution in [0.25, 0.3) is 0 Å². The Balaban J connectivity index is 2.22. The van der Waals surface area contributed by atoms with E-state index < -0.39 is 10.0 Å². The molecule has 27 heavy (non-hydrogen) atoms. The van der Waals surface area contributed by atoms with Crippen LogP contribution in [-0.2, 0) is 10.0 Å². The third-order valence-corrected chi connectivity index (χ3v) is 6.50. The summed E-state index contributed by atoms with van der Waals surface area (Å²) in [4.78, 5) is 14.7. The second-order valence-corrected chi connectivity index (χ2v) is 9.97. The molecule has 8 heteroatoms. The number of rotatable bonds is 8. The lowest BCUT2D eigenvalue weighted by molar-refractivity contribution is 0.0929. The molecule has 1 aliphatic rings. The number of hydrogen-bond donors (Lipinski definition) is 1. The topological polar surface area (TPSA) is 79.0 Å². The van der Waals surface area contributed by atoms with Gasteiger partial charge in [-0.3, -0.25) is 4.79 Å². The van der Waals surface area contributed by atoms with Gasteiger partial charge in [0.15, 0.2) is 0 Å². The van der Waals surface area contributed by atoms with E-state index in [-0.39, 0.29) is 22.0 Å². The van der Waals surface area contributed by atoms with Gasteiger partial charge < -0.3 is 15.0 Å². The molecule has 152 valence electrons. The Morgan fingerprint density at radius 2 is 1.89 bits per heavy atom. The zero-order chi connectivity index (χ0) is 20.2. The smallest absolute Gasteiger partial charge is 0.251 e. The van der Waals surface area contributed by atoms with Crippen LogP contribution in [-0.4, -0.2) is 70.9 Å². The molecule has 0 aliphatic carbocycles. The van der Waals surface area contributed by atoms with Crippen LogP contribution < -0.4 is 10.1 Å². The molecule has 1 N–H and O–H groups in total. The van der Waals surface area contributed by atoms with Gasteiger partial charge in [0.25, 0.3) is 5.91 Å². The minimum atomic E-state index is -3.68. The molecule has 0 spiro atoms. The van der Waals surface area contributed by atoms with Crippen molar-refractivity contribution in [3.63, 3.8) is 0 Å². The fraction of sp³-hybridized carbons (Fsp3) is 0.632. The summed E-state index contributed by atoms with van der Waals surface area (Å²) in [5.41, 5.74) is 0.213. The first-order valence-corrected chi connectivity index (χ1v) is 10.6. The molecule has 0 saturated carbocycles. The summed E-state index contributed by atoms with van der Waals surface area (Å²) < 4.78 is 32.6. The minimum Gasteiger partial charge on any atom is -0.495 e. The number of carbonyl (C=O) groups excluding carboxylic acids is 1. The summed E-state index contributed by atoms with van der Waals surface area (Å²) >= 11 is 0. The number of benzene rings is 1. The Morgan fingerprint density at radius 3 is 2.44 bits per heavy atom. The first-order chi connectivity index (χ1) is 12.6. The highest BCUT2D eigenvalue weighted by atomic mass is 32.2. The van der Waals surface area contributed by atoms with E-state index in [2.05, 4.69) is 24.1 Å². The van der Waals surface area contributed by atoms with Crippen molar-refractivity contribution in [2.45, 2.75) is 31.6 Å². The molecule has 1 aromatic carbocycles. The van der Waals surface area contributed by atoms with E-state index in [0.717, 1.165) is 19.4 Å². The molecular weight excluding hydrogens is 366 g/mol. The van der Waals surface area contributed by atoms with Crippen LogP contribution in [0.5, 0.6) is 5.75 Å². The standard InChI is InChI=1S/C19H31N3O4S/c1-19(2,14-21(3)4)13-20-18(23)15-8-9-16(26-5)17(12-15)27(24,25)22-10-6-7-11-22/h8-9,12H,6-7,10-11,13-14H2,1-5H3,(H,20,23). The number of nitrogens with zero attached hydrogens (tertiary/aromatic N) is 2. The molecule has 2 rings (SSSR count). The van der Waals surface area contributed by atoms with E-state index in [1.54, 1.807) is 12.1 Å². The van der Waals surface area contributed by atoms with Crippen LogP contribution in [0.2, 0.25) is 0 Å². The zero-order valence-electron chi connectivity index (χ0n) is 16.9. The van der Waals surface area contributed by atoms with E-state index in [1.807, 2.05) is 14.1 Å². The fourth-order valence-corrected chi connectivity index (χ4v) is 5.12. The first-order valence-electron chi connectivity index (χ1n) is 9.18. The van der Waals surface area contributed by atoms with Crippen LogP contribution in [0.4, 0.5) is 0 Å². The Kier molecular flexibility index (Phi) is 6.88. The minimum absolute atomic E-state index is 0.0482. The highest BCUT2D eigenvalue weighted by Crippen LogP contribution is 2.30. The normalized spacial score (nSPS) is 15.9. The third kappa shape index (κ3) is 5.43. The first kappa shape index (κ1) is 21.7. The van der Waals surface area contributed by atoms with Gasteiger partial charge >= 0.3 is 0 Å². The Bertz CT molecular complexity index is 769. The van der Waals surface area contributed by atoms with Crippen molar-refractivity contribution in [2.24, 2.45) is 5.41 Å². The van der Waals surface area contributed by atoms with Crippen molar-refractivity contribution in [3.8, 4) is 5.75 Å².